The Morgan fingerprint density at radius 2 is 1.69 bits per heavy atom. The number of aromatic nitrogens is 2. The Labute approximate surface area is 214 Å². The summed E-state index contributed by atoms with van der Waals surface area (Å²) in [6.45, 7) is 0. The molecule has 0 saturated heterocycles. The molecule has 0 aliphatic rings. The van der Waals surface area contributed by atoms with Gasteiger partial charge in [0.25, 0.3) is 5.91 Å². The highest BCUT2D eigenvalue weighted by Crippen LogP contribution is 2.35. The maximum absolute atomic E-state index is 12.8. The molecule has 2 heterocycles. The Hall–Kier alpha value is -3.52. The van der Waals surface area contributed by atoms with E-state index in [0.29, 0.717) is 11.1 Å². The maximum atomic E-state index is 12.8. The van der Waals surface area contributed by atoms with Gasteiger partial charge < -0.3 is 10.4 Å². The molecule has 35 heavy (non-hydrogen) atoms. The van der Waals surface area contributed by atoms with Crippen LogP contribution < -0.4 is 5.32 Å². The third-order valence-corrected chi connectivity index (χ3v) is 7.15. The number of thiazole rings is 1. The predicted octanol–water partition coefficient (Wildman–Crippen LogP) is 6.24. The smallest absolute Gasteiger partial charge is 0.326 e. The first-order chi connectivity index (χ1) is 16.9. The summed E-state index contributed by atoms with van der Waals surface area (Å²) in [5.41, 5.74) is 6.03. The van der Waals surface area contributed by atoms with Crippen molar-refractivity contribution in [2.75, 3.05) is 0 Å². The van der Waals surface area contributed by atoms with Gasteiger partial charge >= 0.3 is 5.97 Å². The van der Waals surface area contributed by atoms with Crippen LogP contribution in [0, 0.1) is 0 Å². The zero-order chi connectivity index (χ0) is 24.5. The van der Waals surface area contributed by atoms with Crippen LogP contribution in [0.4, 0.5) is 0 Å². The van der Waals surface area contributed by atoms with E-state index in [1.165, 1.54) is 12.1 Å². The number of amides is 1. The van der Waals surface area contributed by atoms with Crippen LogP contribution in [-0.4, -0.2) is 33.0 Å². The van der Waals surface area contributed by atoms with Crippen molar-refractivity contribution in [2.45, 2.75) is 12.5 Å². The molecule has 0 spiro atoms. The molecule has 5 aromatic rings. The number of hydrogen-bond donors (Lipinski definition) is 2. The molecule has 0 aliphatic heterocycles. The first-order valence-electron chi connectivity index (χ1n) is 10.6. The number of carbonyl (C=O) groups is 2. The first kappa shape index (κ1) is 23.2. The minimum atomic E-state index is -1.21. The van der Waals surface area contributed by atoms with Crippen molar-refractivity contribution in [3.63, 3.8) is 0 Å². The van der Waals surface area contributed by atoms with Crippen molar-refractivity contribution in [3.8, 4) is 11.1 Å². The predicted molar refractivity (Wildman–Crippen MR) is 139 cm³/mol. The summed E-state index contributed by atoms with van der Waals surface area (Å²) in [7, 11) is 0. The molecule has 2 N–H and O–H groups in total. The van der Waals surface area contributed by atoms with Gasteiger partial charge in [-0.05, 0) is 35.4 Å². The highest BCUT2D eigenvalue weighted by Gasteiger charge is 2.25. The number of halogens is 2. The van der Waals surface area contributed by atoms with Crippen molar-refractivity contribution in [1.29, 1.82) is 0 Å². The van der Waals surface area contributed by atoms with Gasteiger partial charge in [0.2, 0.25) is 0 Å². The van der Waals surface area contributed by atoms with Crippen molar-refractivity contribution < 1.29 is 14.7 Å². The number of aliphatic carboxylic acids is 1. The Bertz CT molecular complexity index is 1580. The van der Waals surface area contributed by atoms with Crippen LogP contribution in [0.15, 0.2) is 72.4 Å². The second kappa shape index (κ2) is 9.62. The van der Waals surface area contributed by atoms with E-state index in [4.69, 9.17) is 23.2 Å². The van der Waals surface area contributed by atoms with E-state index in [2.05, 4.69) is 15.3 Å². The lowest BCUT2D eigenvalue weighted by Crippen LogP contribution is -2.42. The fourth-order valence-electron chi connectivity index (χ4n) is 4.10. The summed E-state index contributed by atoms with van der Waals surface area (Å²) in [5.74, 6) is -1.83. The quantitative estimate of drug-likeness (QED) is 0.275. The van der Waals surface area contributed by atoms with Crippen molar-refractivity contribution in [1.82, 2.24) is 15.3 Å². The van der Waals surface area contributed by atoms with E-state index >= 15 is 0 Å². The Morgan fingerprint density at radius 1 is 0.914 bits per heavy atom. The van der Waals surface area contributed by atoms with E-state index in [-0.39, 0.29) is 22.0 Å². The molecule has 1 unspecified atom stereocenters. The van der Waals surface area contributed by atoms with Gasteiger partial charge in [0.05, 0.1) is 36.9 Å². The van der Waals surface area contributed by atoms with Gasteiger partial charge in [0.15, 0.2) is 0 Å². The zero-order valence-corrected chi connectivity index (χ0v) is 20.4. The lowest BCUT2D eigenvalue weighted by molar-refractivity contribution is -0.139. The number of benzene rings is 3. The summed E-state index contributed by atoms with van der Waals surface area (Å²) in [6, 6.07) is 17.1. The third-order valence-electron chi connectivity index (χ3n) is 5.72. The number of carboxylic acid groups (broad SMARTS) is 1. The molecule has 0 fully saturated rings. The average Bonchev–Trinajstić information content (AvgIpc) is 3.33. The zero-order valence-electron chi connectivity index (χ0n) is 18.0. The van der Waals surface area contributed by atoms with Crippen LogP contribution >= 0.6 is 34.5 Å². The molecule has 0 bridgehead atoms. The normalized spacial score (nSPS) is 12.1. The molecule has 1 amide bonds. The van der Waals surface area contributed by atoms with Crippen molar-refractivity contribution >= 4 is 67.5 Å². The third kappa shape index (κ3) is 4.46. The lowest BCUT2D eigenvalue weighted by atomic mass is 9.94. The Morgan fingerprint density at radius 3 is 2.46 bits per heavy atom. The summed E-state index contributed by atoms with van der Waals surface area (Å²) in [6.07, 6.45) is 1.69. The first-order valence-corrected chi connectivity index (χ1v) is 12.2. The summed E-state index contributed by atoms with van der Waals surface area (Å²) < 4.78 is 1.08. The molecular weight excluding hydrogens is 505 g/mol. The van der Waals surface area contributed by atoms with Crippen LogP contribution in [0.2, 0.25) is 10.0 Å². The van der Waals surface area contributed by atoms with Gasteiger partial charge in [-0.1, -0.05) is 59.6 Å². The second-order valence-electron chi connectivity index (χ2n) is 7.84. The SMILES string of the molecule is O=C(NC(Cc1ccc(-c2cccc3scnc23)c2cccnc12)C(=O)O)c1c(Cl)cccc1Cl. The molecule has 6 nitrogen and oxygen atoms in total. The topological polar surface area (TPSA) is 92.2 Å². The summed E-state index contributed by atoms with van der Waals surface area (Å²) >= 11 is 13.8. The molecule has 0 aliphatic carbocycles. The molecule has 174 valence electrons. The molecule has 2 aromatic heterocycles. The molecular formula is C26H17Cl2N3O3S. The molecule has 9 heteroatoms. The number of para-hydroxylation sites is 1. The van der Waals surface area contributed by atoms with Gasteiger partial charge in [-0.3, -0.25) is 9.78 Å². The maximum Gasteiger partial charge on any atom is 0.326 e. The highest BCUT2D eigenvalue weighted by molar-refractivity contribution is 7.16. The van der Waals surface area contributed by atoms with Gasteiger partial charge in [0, 0.05) is 23.6 Å². The average molecular weight is 522 g/mol. The summed E-state index contributed by atoms with van der Waals surface area (Å²) in [4.78, 5) is 34.0. The molecule has 0 saturated carbocycles. The number of hydrogen-bond acceptors (Lipinski definition) is 5. The molecule has 1 atom stereocenters. The molecule has 3 aromatic carbocycles. The van der Waals surface area contributed by atoms with Crippen LogP contribution in [0.3, 0.4) is 0 Å². The number of nitrogens with one attached hydrogen (secondary N) is 1. The molecule has 0 radical (unpaired) electrons. The number of carboxylic acids is 1. The van der Waals surface area contributed by atoms with E-state index in [1.54, 1.807) is 23.6 Å². The van der Waals surface area contributed by atoms with E-state index in [1.807, 2.05) is 48.0 Å². The van der Waals surface area contributed by atoms with Gasteiger partial charge in [-0.2, -0.15) is 0 Å². The van der Waals surface area contributed by atoms with Crippen LogP contribution in [0.25, 0.3) is 32.2 Å². The minimum absolute atomic E-state index is 0.0256. The number of rotatable bonds is 6. The minimum Gasteiger partial charge on any atom is -0.480 e. The number of pyridine rings is 1. The van der Waals surface area contributed by atoms with Crippen molar-refractivity contribution in [3.05, 3.63) is 93.5 Å². The Kier molecular flexibility index (Phi) is 6.38. The highest BCUT2D eigenvalue weighted by atomic mass is 35.5. The number of carbonyl (C=O) groups excluding carboxylic acids is 1. The fourth-order valence-corrected chi connectivity index (χ4v) is 5.37. The largest absolute Gasteiger partial charge is 0.480 e. The van der Waals surface area contributed by atoms with Crippen LogP contribution in [-0.2, 0) is 11.2 Å². The molecule has 5 rings (SSSR count). The van der Waals surface area contributed by atoms with Crippen molar-refractivity contribution in [2.24, 2.45) is 0 Å². The standard InChI is InChI=1S/C26H17Cl2N3O3S/c27-18-6-2-7-19(28)22(18)25(32)31-20(26(33)34)12-14-9-10-15(16-5-3-11-29-23(14)16)17-4-1-8-21-24(17)30-13-35-21/h1-11,13,20H,12H2,(H,31,32)(H,33,34). The van der Waals surface area contributed by atoms with Gasteiger partial charge in [0.1, 0.15) is 6.04 Å². The van der Waals surface area contributed by atoms with Crippen LogP contribution in [0.1, 0.15) is 15.9 Å². The van der Waals surface area contributed by atoms with Gasteiger partial charge in [-0.25, -0.2) is 9.78 Å². The number of fused-ring (bicyclic) bond motifs is 2. The second-order valence-corrected chi connectivity index (χ2v) is 9.54. The van der Waals surface area contributed by atoms with Crippen LogP contribution in [0.5, 0.6) is 0 Å². The van der Waals surface area contributed by atoms with E-state index in [0.717, 1.165) is 26.7 Å². The fraction of sp³-hybridized carbons (Fsp3) is 0.0769. The van der Waals surface area contributed by atoms with E-state index in [9.17, 15) is 14.7 Å². The van der Waals surface area contributed by atoms with E-state index < -0.39 is 17.9 Å². The summed E-state index contributed by atoms with van der Waals surface area (Å²) in [5, 5.41) is 13.6. The Balaban J connectivity index is 1.52. The van der Waals surface area contributed by atoms with Gasteiger partial charge in [-0.15, -0.1) is 11.3 Å². The number of nitrogens with zero attached hydrogens (tertiary/aromatic N) is 2. The monoisotopic (exact) mass is 521 g/mol. The lowest BCUT2D eigenvalue weighted by Gasteiger charge is -2.17.